The number of carbonyl (C=O) groups excluding carboxylic acids is 1. The number of benzene rings is 1. The Hall–Kier alpha value is -4.20. The Morgan fingerprint density at radius 1 is 1.12 bits per heavy atom. The fourth-order valence-corrected chi connectivity index (χ4v) is 5.99. The van der Waals surface area contributed by atoms with Crippen molar-refractivity contribution in [1.82, 2.24) is 44.9 Å². The third-order valence-electron chi connectivity index (χ3n) is 7.51. The molecular formula is C29H35N11OS. The van der Waals surface area contributed by atoms with Crippen LogP contribution in [0.5, 0.6) is 0 Å². The van der Waals surface area contributed by atoms with E-state index in [2.05, 4.69) is 66.6 Å². The number of anilines is 3. The van der Waals surface area contributed by atoms with Crippen LogP contribution >= 0.6 is 11.3 Å². The Bertz CT molecular complexity index is 1510. The minimum Gasteiger partial charge on any atom is -0.365 e. The molecule has 5 heterocycles. The van der Waals surface area contributed by atoms with E-state index in [1.807, 2.05) is 35.2 Å². The quantitative estimate of drug-likeness (QED) is 0.283. The Labute approximate surface area is 249 Å². The van der Waals surface area contributed by atoms with Gasteiger partial charge in [0.1, 0.15) is 11.6 Å². The average Bonchev–Trinajstić information content (AvgIpc) is 3.69. The number of pyridine rings is 1. The Morgan fingerprint density at radius 3 is 2.74 bits per heavy atom. The van der Waals surface area contributed by atoms with Crippen LogP contribution in [0.3, 0.4) is 0 Å². The van der Waals surface area contributed by atoms with E-state index >= 15 is 0 Å². The van der Waals surface area contributed by atoms with Crippen molar-refractivity contribution in [1.29, 1.82) is 0 Å². The molecule has 1 amide bonds. The highest BCUT2D eigenvalue weighted by Crippen LogP contribution is 2.29. The zero-order valence-corrected chi connectivity index (χ0v) is 24.5. The van der Waals surface area contributed by atoms with E-state index in [4.69, 9.17) is 4.98 Å². The summed E-state index contributed by atoms with van der Waals surface area (Å²) in [5, 5.41) is 20.6. The molecule has 4 aromatic rings. The van der Waals surface area contributed by atoms with E-state index in [1.165, 1.54) is 27.8 Å². The molecule has 13 heteroatoms. The minimum atomic E-state index is -0.0292. The standard InChI is InChI=1S/C29H35N11OS/c1-3-27(41)39-11-7-8-22(20-39)31-25-16-21(19-38-14-12-37(2)13-15-38)17-26(32-25)33-29-30-18-24(42-29)28-34-36-40(35-28)23-9-5-4-6-10-23/h3-6,9-10,16-18,22H,1,7-8,11-15,19-20H2,2H3,(H2,30,31,32,33)/t22-/m0/s1. The summed E-state index contributed by atoms with van der Waals surface area (Å²) < 4.78 is 0. The van der Waals surface area contributed by atoms with Gasteiger partial charge in [-0.05, 0) is 61.0 Å². The van der Waals surface area contributed by atoms with Crippen LogP contribution in [-0.2, 0) is 11.3 Å². The van der Waals surface area contributed by atoms with Gasteiger partial charge in [-0.15, -0.1) is 15.0 Å². The highest BCUT2D eigenvalue weighted by Gasteiger charge is 2.23. The number of amides is 1. The van der Waals surface area contributed by atoms with Crippen LogP contribution in [0.25, 0.3) is 16.4 Å². The lowest BCUT2D eigenvalue weighted by atomic mass is 10.1. The number of rotatable bonds is 9. The summed E-state index contributed by atoms with van der Waals surface area (Å²) in [5.74, 6) is 1.98. The molecule has 2 fully saturated rings. The molecule has 0 radical (unpaired) electrons. The van der Waals surface area contributed by atoms with Crippen LogP contribution in [-0.4, -0.2) is 103 Å². The van der Waals surface area contributed by atoms with Gasteiger partial charge in [0.05, 0.1) is 16.8 Å². The number of likely N-dealkylation sites (tertiary alicyclic amines) is 1. The summed E-state index contributed by atoms with van der Waals surface area (Å²) in [7, 11) is 2.17. The fraction of sp³-hybridized carbons (Fsp3) is 0.379. The van der Waals surface area contributed by atoms with Crippen LogP contribution in [0.2, 0.25) is 0 Å². The van der Waals surface area contributed by atoms with Crippen molar-refractivity contribution < 1.29 is 4.79 Å². The molecule has 12 nitrogen and oxygen atoms in total. The number of tetrazole rings is 1. The van der Waals surface area contributed by atoms with Crippen molar-refractivity contribution in [2.75, 3.05) is 56.9 Å². The number of hydrogen-bond acceptors (Lipinski definition) is 11. The van der Waals surface area contributed by atoms with Gasteiger partial charge in [0.2, 0.25) is 11.7 Å². The van der Waals surface area contributed by atoms with Crippen LogP contribution < -0.4 is 10.6 Å². The third-order valence-corrected chi connectivity index (χ3v) is 8.42. The number of hydrogen-bond donors (Lipinski definition) is 2. The summed E-state index contributed by atoms with van der Waals surface area (Å²) >= 11 is 1.45. The maximum Gasteiger partial charge on any atom is 0.246 e. The smallest absolute Gasteiger partial charge is 0.246 e. The first-order valence-electron chi connectivity index (χ1n) is 14.2. The van der Waals surface area contributed by atoms with Crippen molar-refractivity contribution >= 4 is 34.0 Å². The summed E-state index contributed by atoms with van der Waals surface area (Å²) in [6.45, 7) is 10.0. The van der Waals surface area contributed by atoms with E-state index in [0.717, 1.165) is 68.5 Å². The van der Waals surface area contributed by atoms with Crippen molar-refractivity contribution in [2.24, 2.45) is 0 Å². The molecule has 0 unspecified atom stereocenters. The number of nitrogens with one attached hydrogen (secondary N) is 2. The second-order valence-electron chi connectivity index (χ2n) is 10.7. The van der Waals surface area contributed by atoms with Gasteiger partial charge in [0, 0.05) is 51.9 Å². The van der Waals surface area contributed by atoms with Gasteiger partial charge >= 0.3 is 0 Å². The van der Waals surface area contributed by atoms with Crippen molar-refractivity contribution in [2.45, 2.75) is 25.4 Å². The second kappa shape index (κ2) is 12.8. The summed E-state index contributed by atoms with van der Waals surface area (Å²) in [5.41, 5.74) is 2.01. The van der Waals surface area contributed by atoms with Gasteiger partial charge in [0.15, 0.2) is 5.13 Å². The van der Waals surface area contributed by atoms with Gasteiger partial charge in [-0.1, -0.05) is 36.1 Å². The molecule has 2 aliphatic heterocycles. The van der Waals surface area contributed by atoms with Gasteiger partial charge in [-0.3, -0.25) is 9.69 Å². The lowest BCUT2D eigenvalue weighted by Gasteiger charge is -2.33. The zero-order chi connectivity index (χ0) is 28.9. The molecule has 2 N–H and O–H groups in total. The predicted octanol–water partition coefficient (Wildman–Crippen LogP) is 3.26. The molecule has 6 rings (SSSR count). The second-order valence-corrected chi connectivity index (χ2v) is 11.7. The van der Waals surface area contributed by atoms with Crippen molar-refractivity contribution in [3.05, 3.63) is 66.9 Å². The molecule has 0 bridgehead atoms. The number of piperidine rings is 1. The molecule has 0 aliphatic carbocycles. The Kier molecular flexibility index (Phi) is 8.49. The maximum absolute atomic E-state index is 12.2. The van der Waals surface area contributed by atoms with E-state index in [-0.39, 0.29) is 11.9 Å². The van der Waals surface area contributed by atoms with Crippen LogP contribution in [0.15, 0.2) is 61.3 Å². The number of carbonyl (C=O) groups is 1. The van der Waals surface area contributed by atoms with E-state index < -0.39 is 0 Å². The van der Waals surface area contributed by atoms with E-state index in [9.17, 15) is 4.79 Å². The van der Waals surface area contributed by atoms with Gasteiger partial charge < -0.3 is 20.4 Å². The number of thiazole rings is 1. The number of likely N-dealkylation sites (N-methyl/N-ethyl adjacent to an activating group) is 1. The third kappa shape index (κ3) is 6.81. The molecule has 42 heavy (non-hydrogen) atoms. The van der Waals surface area contributed by atoms with Crippen molar-refractivity contribution in [3.8, 4) is 16.4 Å². The highest BCUT2D eigenvalue weighted by atomic mass is 32.1. The van der Waals surface area contributed by atoms with E-state index in [0.29, 0.717) is 23.3 Å². The Morgan fingerprint density at radius 2 is 1.93 bits per heavy atom. The van der Waals surface area contributed by atoms with Crippen LogP contribution in [0.4, 0.5) is 16.8 Å². The number of nitrogens with zero attached hydrogens (tertiary/aromatic N) is 9. The zero-order valence-electron chi connectivity index (χ0n) is 23.7. The Balaban J connectivity index is 1.20. The lowest BCUT2D eigenvalue weighted by molar-refractivity contribution is -0.127. The van der Waals surface area contributed by atoms with Gasteiger partial charge in [-0.25, -0.2) is 9.97 Å². The topological polar surface area (TPSA) is 120 Å². The molecule has 3 aromatic heterocycles. The molecule has 1 aromatic carbocycles. The first kappa shape index (κ1) is 27.9. The maximum atomic E-state index is 12.2. The monoisotopic (exact) mass is 585 g/mol. The summed E-state index contributed by atoms with van der Waals surface area (Å²) in [4.78, 5) is 30.7. The van der Waals surface area contributed by atoms with Gasteiger partial charge in [-0.2, -0.15) is 0 Å². The highest BCUT2D eigenvalue weighted by molar-refractivity contribution is 7.18. The van der Waals surface area contributed by atoms with Gasteiger partial charge in [0.25, 0.3) is 0 Å². The largest absolute Gasteiger partial charge is 0.365 e. The fourth-order valence-electron chi connectivity index (χ4n) is 5.24. The number of piperazine rings is 1. The summed E-state index contributed by atoms with van der Waals surface area (Å²) in [6.07, 6.45) is 5.05. The molecule has 0 saturated carbocycles. The lowest BCUT2D eigenvalue weighted by Crippen LogP contribution is -2.44. The minimum absolute atomic E-state index is 0.0292. The molecule has 2 saturated heterocycles. The van der Waals surface area contributed by atoms with Crippen LogP contribution in [0, 0.1) is 0 Å². The first-order chi connectivity index (χ1) is 20.5. The molecule has 1 atom stereocenters. The first-order valence-corrected chi connectivity index (χ1v) is 15.0. The summed E-state index contributed by atoms with van der Waals surface area (Å²) in [6, 6.07) is 14.0. The van der Waals surface area contributed by atoms with E-state index in [1.54, 1.807) is 6.20 Å². The molecule has 0 spiro atoms. The van der Waals surface area contributed by atoms with Crippen LogP contribution in [0.1, 0.15) is 18.4 Å². The van der Waals surface area contributed by atoms with Crippen molar-refractivity contribution in [3.63, 3.8) is 0 Å². The number of aromatic nitrogens is 6. The normalized spacial score (nSPS) is 18.1. The average molecular weight is 586 g/mol. The predicted molar refractivity (Wildman–Crippen MR) is 164 cm³/mol. The SMILES string of the molecule is C=CC(=O)N1CCC[C@H](Nc2cc(CN3CCN(C)CC3)cc(Nc3ncc(-c4nnn(-c5ccccc5)n4)s3)n2)C1. The molecule has 2 aliphatic rings. The molecular weight excluding hydrogens is 550 g/mol. The molecule has 218 valence electrons. The number of para-hydroxylation sites is 1.